The van der Waals surface area contributed by atoms with E-state index >= 15 is 0 Å². The van der Waals surface area contributed by atoms with Crippen LogP contribution < -0.4 is 10.0 Å². The molecule has 11 heteroatoms. The number of nitrogens with zero attached hydrogens (tertiary/aromatic N) is 1. The lowest BCUT2D eigenvalue weighted by Gasteiger charge is -2.28. The largest absolute Gasteiger partial charge is 0.481 e. The van der Waals surface area contributed by atoms with Gasteiger partial charge in [0.05, 0.1) is 31.3 Å². The lowest BCUT2D eigenvalue weighted by molar-refractivity contribution is -0.140. The molecule has 0 saturated heterocycles. The topological polar surface area (TPSA) is 150 Å². The van der Waals surface area contributed by atoms with Gasteiger partial charge in [0, 0.05) is 12.1 Å². The number of carbonyl (C=O) groups excluding carboxylic acids is 3. The van der Waals surface area contributed by atoms with E-state index < -0.39 is 46.7 Å². The average Bonchev–Trinajstić information content (AvgIpc) is 3.38. The summed E-state index contributed by atoms with van der Waals surface area (Å²) in [5.74, 6) is -2.50. The Morgan fingerprint density at radius 1 is 1.17 bits per heavy atom. The number of rotatable bonds is 11. The van der Waals surface area contributed by atoms with E-state index in [-0.39, 0.29) is 23.6 Å². The molecule has 3 aliphatic rings. The maximum atomic E-state index is 12.7. The van der Waals surface area contributed by atoms with Gasteiger partial charge in [-0.1, -0.05) is 18.2 Å². The summed E-state index contributed by atoms with van der Waals surface area (Å²) in [5, 5.41) is 11.6. The van der Waals surface area contributed by atoms with Crippen LogP contribution in [0.5, 0.6) is 0 Å². The Bertz CT molecular complexity index is 1130. The molecule has 1 heterocycles. The molecule has 2 bridgehead atoms. The number of nitrogens with one attached hydrogen (secondary N) is 2. The summed E-state index contributed by atoms with van der Waals surface area (Å²) in [7, 11) is -3.74. The van der Waals surface area contributed by atoms with Crippen LogP contribution in [0, 0.1) is 11.3 Å². The maximum Gasteiger partial charge on any atom is 0.305 e. The van der Waals surface area contributed by atoms with Crippen molar-refractivity contribution in [3.8, 4) is 0 Å². The first-order chi connectivity index (χ1) is 16.6. The van der Waals surface area contributed by atoms with Crippen molar-refractivity contribution in [1.29, 1.82) is 0 Å². The predicted molar refractivity (Wildman–Crippen MR) is 126 cm³/mol. The first kappa shape index (κ1) is 25.3. The number of hydrogen-bond acceptors (Lipinski definition) is 6. The van der Waals surface area contributed by atoms with Crippen molar-refractivity contribution in [2.24, 2.45) is 11.3 Å². The van der Waals surface area contributed by atoms with Crippen LogP contribution in [-0.2, 0) is 30.8 Å². The molecule has 0 spiro atoms. The highest BCUT2D eigenvalue weighted by molar-refractivity contribution is 7.89. The first-order valence-corrected chi connectivity index (χ1v) is 13.6. The monoisotopic (exact) mass is 505 g/mol. The third kappa shape index (κ3) is 6.07. The smallest absolute Gasteiger partial charge is 0.305 e. The summed E-state index contributed by atoms with van der Waals surface area (Å²) in [4.78, 5) is 50.6. The number of ketones is 1. The molecule has 190 valence electrons. The Hall–Kier alpha value is -2.79. The van der Waals surface area contributed by atoms with Gasteiger partial charge >= 0.3 is 5.97 Å². The molecule has 1 aromatic carbocycles. The molecular formula is C24H31N3O7S. The minimum absolute atomic E-state index is 0.0434. The standard InChI is InChI=1S/C24H31N3O7S/c28-20(13-25-35(33,34)15-24-8-5-16(12-24)6-9-24)19(11-22(30)31)26-21(29)14-27-10-7-17-3-1-2-4-18(17)23(27)32/h1-4,16,19,25H,5-15H2,(H,26,29)(H,30,31). The van der Waals surface area contributed by atoms with Crippen LogP contribution in [0.25, 0.3) is 0 Å². The van der Waals surface area contributed by atoms with E-state index in [9.17, 15) is 32.7 Å². The molecule has 2 amide bonds. The van der Waals surface area contributed by atoms with Crippen LogP contribution in [0.4, 0.5) is 0 Å². The van der Waals surface area contributed by atoms with Crippen molar-refractivity contribution in [2.45, 2.75) is 51.0 Å². The Balaban J connectivity index is 1.32. The number of carboxylic acid groups (broad SMARTS) is 1. The third-order valence-corrected chi connectivity index (χ3v) is 9.05. The molecular weight excluding hydrogens is 474 g/mol. The molecule has 1 aromatic rings. The van der Waals surface area contributed by atoms with Crippen molar-refractivity contribution < 1.29 is 32.7 Å². The third-order valence-electron chi connectivity index (χ3n) is 7.47. The second kappa shape index (κ2) is 10.1. The van der Waals surface area contributed by atoms with E-state index in [1.54, 1.807) is 12.1 Å². The number of amides is 2. The van der Waals surface area contributed by atoms with E-state index in [2.05, 4.69) is 10.0 Å². The number of benzene rings is 1. The molecule has 0 aromatic heterocycles. The number of carboxylic acids is 1. The van der Waals surface area contributed by atoms with Gasteiger partial charge in [0.25, 0.3) is 5.91 Å². The summed E-state index contributed by atoms with van der Waals surface area (Å²) in [6.45, 7) is -0.606. The van der Waals surface area contributed by atoms with Crippen LogP contribution in [0.3, 0.4) is 0 Å². The molecule has 10 nitrogen and oxygen atoms in total. The lowest BCUT2D eigenvalue weighted by Crippen LogP contribution is -2.51. The molecule has 1 unspecified atom stereocenters. The molecule has 35 heavy (non-hydrogen) atoms. The molecule has 3 N–H and O–H groups in total. The number of aliphatic carboxylic acids is 1. The van der Waals surface area contributed by atoms with Crippen LogP contribution in [0.1, 0.15) is 54.4 Å². The zero-order valence-electron chi connectivity index (χ0n) is 19.5. The lowest BCUT2D eigenvalue weighted by atomic mass is 9.87. The Kier molecular flexibility index (Phi) is 7.27. The van der Waals surface area contributed by atoms with Crippen LogP contribution >= 0.6 is 0 Å². The molecule has 4 rings (SSSR count). The molecule has 2 saturated carbocycles. The minimum atomic E-state index is -3.74. The normalized spacial score (nSPS) is 24.2. The molecule has 2 fully saturated rings. The summed E-state index contributed by atoms with van der Waals surface area (Å²) in [6, 6.07) is 5.70. The number of hydrogen-bond donors (Lipinski definition) is 3. The van der Waals surface area contributed by atoms with Gasteiger partial charge < -0.3 is 15.3 Å². The Morgan fingerprint density at radius 2 is 1.89 bits per heavy atom. The Labute approximate surface area is 204 Å². The van der Waals surface area contributed by atoms with Crippen LogP contribution in [0.2, 0.25) is 0 Å². The molecule has 1 atom stereocenters. The summed E-state index contributed by atoms with van der Waals surface area (Å²) < 4.78 is 27.6. The van der Waals surface area contributed by atoms with E-state index in [0.29, 0.717) is 24.4 Å². The average molecular weight is 506 g/mol. The van der Waals surface area contributed by atoms with Crippen molar-refractivity contribution in [1.82, 2.24) is 14.9 Å². The zero-order chi connectivity index (χ0) is 25.2. The van der Waals surface area contributed by atoms with Gasteiger partial charge in [-0.25, -0.2) is 13.1 Å². The van der Waals surface area contributed by atoms with E-state index in [1.165, 1.54) is 4.90 Å². The number of Topliss-reactive ketones (excluding diaryl/α,β-unsaturated/α-hetero) is 1. The van der Waals surface area contributed by atoms with Gasteiger partial charge in [0.15, 0.2) is 5.78 Å². The van der Waals surface area contributed by atoms with Gasteiger partial charge in [-0.05, 0) is 61.5 Å². The Morgan fingerprint density at radius 3 is 2.54 bits per heavy atom. The fraction of sp³-hybridized carbons (Fsp3) is 0.583. The predicted octanol–water partition coefficient (Wildman–Crippen LogP) is 0.713. The maximum absolute atomic E-state index is 12.7. The second-order valence-corrected chi connectivity index (χ2v) is 11.9. The van der Waals surface area contributed by atoms with Crippen molar-refractivity contribution in [3.05, 3.63) is 35.4 Å². The number of sulfonamides is 1. The van der Waals surface area contributed by atoms with Gasteiger partial charge in [0.1, 0.15) is 0 Å². The molecule has 0 radical (unpaired) electrons. The minimum Gasteiger partial charge on any atom is -0.481 e. The van der Waals surface area contributed by atoms with Crippen LogP contribution in [-0.4, -0.2) is 73.4 Å². The van der Waals surface area contributed by atoms with Crippen molar-refractivity contribution in [2.75, 3.05) is 25.4 Å². The summed E-state index contributed by atoms with van der Waals surface area (Å²) in [6.07, 6.45) is 4.58. The second-order valence-electron chi connectivity index (χ2n) is 10.0. The van der Waals surface area contributed by atoms with Gasteiger partial charge in [0.2, 0.25) is 15.9 Å². The molecule has 2 aliphatic carbocycles. The van der Waals surface area contributed by atoms with Gasteiger partial charge in [-0.3, -0.25) is 19.2 Å². The number of carbonyl (C=O) groups is 4. The number of fused-ring (bicyclic) bond motifs is 3. The highest BCUT2D eigenvalue weighted by atomic mass is 32.2. The zero-order valence-corrected chi connectivity index (χ0v) is 20.3. The highest BCUT2D eigenvalue weighted by Crippen LogP contribution is 2.54. The van der Waals surface area contributed by atoms with Crippen molar-refractivity contribution >= 4 is 33.6 Å². The first-order valence-electron chi connectivity index (χ1n) is 11.9. The molecule has 1 aliphatic heterocycles. The van der Waals surface area contributed by atoms with E-state index in [4.69, 9.17) is 0 Å². The van der Waals surface area contributed by atoms with E-state index in [1.807, 2.05) is 12.1 Å². The summed E-state index contributed by atoms with van der Waals surface area (Å²) in [5.41, 5.74) is 1.17. The van der Waals surface area contributed by atoms with Gasteiger partial charge in [-0.2, -0.15) is 0 Å². The van der Waals surface area contributed by atoms with Crippen molar-refractivity contribution in [3.63, 3.8) is 0 Å². The fourth-order valence-corrected chi connectivity index (χ4v) is 7.41. The SMILES string of the molecule is O=C(O)CC(NC(=O)CN1CCc2ccccc2C1=O)C(=O)CNS(=O)(=O)CC12CCC(CC1)C2. The van der Waals surface area contributed by atoms with E-state index in [0.717, 1.165) is 37.7 Å². The summed E-state index contributed by atoms with van der Waals surface area (Å²) >= 11 is 0. The highest BCUT2D eigenvalue weighted by Gasteiger charge is 2.47. The van der Waals surface area contributed by atoms with Gasteiger partial charge in [-0.15, -0.1) is 0 Å². The quantitative estimate of drug-likeness (QED) is 0.401. The fourth-order valence-electron chi connectivity index (χ4n) is 5.73. The van der Waals surface area contributed by atoms with Crippen LogP contribution in [0.15, 0.2) is 24.3 Å².